The third-order valence-corrected chi connectivity index (χ3v) is 3.78. The topological polar surface area (TPSA) is 81.3 Å². The lowest BCUT2D eigenvalue weighted by Crippen LogP contribution is -2.43. The zero-order valence-electron chi connectivity index (χ0n) is 12.5. The van der Waals surface area contributed by atoms with Crippen molar-refractivity contribution < 1.29 is 13.9 Å². The lowest BCUT2D eigenvalue weighted by Gasteiger charge is -2.20. The van der Waals surface area contributed by atoms with Gasteiger partial charge in [-0.1, -0.05) is 0 Å². The van der Waals surface area contributed by atoms with Gasteiger partial charge in [-0.05, 0) is 19.4 Å². The Morgan fingerprint density at radius 3 is 3.23 bits per heavy atom. The second kappa shape index (κ2) is 6.65. The van der Waals surface area contributed by atoms with Gasteiger partial charge in [-0.15, -0.1) is 0 Å². The Morgan fingerprint density at radius 1 is 1.55 bits per heavy atom. The molecule has 1 aliphatic rings. The van der Waals surface area contributed by atoms with Crippen LogP contribution < -0.4 is 10.6 Å². The Bertz CT molecular complexity index is 608. The molecule has 2 aromatic heterocycles. The van der Waals surface area contributed by atoms with Crippen LogP contribution in [0.25, 0.3) is 0 Å². The fraction of sp³-hybridized carbons (Fsp3) is 0.467. The molecule has 1 aliphatic heterocycles. The summed E-state index contributed by atoms with van der Waals surface area (Å²) in [5.74, 6) is 0.861. The molecule has 0 radical (unpaired) electrons. The molecule has 0 unspecified atom stereocenters. The van der Waals surface area contributed by atoms with Crippen molar-refractivity contribution in [2.45, 2.75) is 38.6 Å². The third kappa shape index (κ3) is 3.14. The van der Waals surface area contributed by atoms with Crippen LogP contribution in [0.4, 0.5) is 4.79 Å². The van der Waals surface area contributed by atoms with E-state index in [1.165, 1.54) is 0 Å². The smallest absolute Gasteiger partial charge is 0.315 e. The van der Waals surface area contributed by atoms with Crippen LogP contribution in [0.1, 0.15) is 30.8 Å². The molecule has 1 saturated heterocycles. The third-order valence-electron chi connectivity index (χ3n) is 3.78. The van der Waals surface area contributed by atoms with Crippen molar-refractivity contribution in [3.63, 3.8) is 0 Å². The molecule has 0 aliphatic carbocycles. The molecule has 3 heterocycles. The van der Waals surface area contributed by atoms with Crippen LogP contribution in [0.5, 0.6) is 0 Å². The first-order chi connectivity index (χ1) is 10.8. The number of amides is 2. The minimum absolute atomic E-state index is 0.0722. The molecule has 0 spiro atoms. The van der Waals surface area contributed by atoms with Crippen LogP contribution in [0.3, 0.4) is 0 Å². The van der Waals surface area contributed by atoms with Gasteiger partial charge in [0.2, 0.25) is 0 Å². The lowest BCUT2D eigenvalue weighted by atomic mass is 10.1. The molecule has 2 aromatic rings. The molecule has 7 heteroatoms. The van der Waals surface area contributed by atoms with Gasteiger partial charge in [-0.3, -0.25) is 0 Å². The van der Waals surface area contributed by atoms with Crippen molar-refractivity contribution in [2.24, 2.45) is 0 Å². The van der Waals surface area contributed by atoms with E-state index < -0.39 is 0 Å². The fourth-order valence-electron chi connectivity index (χ4n) is 2.63. The number of ether oxygens (including phenoxy) is 1. The number of aromatic nitrogens is 2. The number of rotatable bonds is 5. The molecule has 3 rings (SSSR count). The minimum Gasteiger partial charge on any atom is -0.472 e. The predicted octanol–water partition coefficient (Wildman–Crippen LogP) is 1.83. The van der Waals surface area contributed by atoms with Crippen molar-refractivity contribution in [1.82, 2.24) is 20.2 Å². The van der Waals surface area contributed by atoms with Crippen molar-refractivity contribution in [3.8, 4) is 0 Å². The highest BCUT2D eigenvalue weighted by Gasteiger charge is 2.33. The summed E-state index contributed by atoms with van der Waals surface area (Å²) in [5, 5.41) is 5.79. The summed E-state index contributed by atoms with van der Waals surface area (Å²) < 4.78 is 12.8. The summed E-state index contributed by atoms with van der Waals surface area (Å²) in [6.45, 7) is 3.94. The second-order valence-corrected chi connectivity index (χ2v) is 5.22. The molecular formula is C15H20N4O3. The van der Waals surface area contributed by atoms with Crippen LogP contribution in [0.15, 0.2) is 35.4 Å². The quantitative estimate of drug-likeness (QED) is 0.883. The number of carbonyl (C=O) groups is 1. The predicted molar refractivity (Wildman–Crippen MR) is 79.1 cm³/mol. The highest BCUT2D eigenvalue weighted by Crippen LogP contribution is 2.28. The normalized spacial score (nSPS) is 21.0. The maximum atomic E-state index is 12.0. The van der Waals surface area contributed by atoms with E-state index in [2.05, 4.69) is 22.5 Å². The number of hydrogen-bond donors (Lipinski definition) is 2. The maximum Gasteiger partial charge on any atom is 0.315 e. The molecule has 0 saturated carbocycles. The molecule has 2 amide bonds. The molecule has 2 atom stereocenters. The van der Waals surface area contributed by atoms with Crippen LogP contribution in [-0.4, -0.2) is 28.2 Å². The first-order valence-electron chi connectivity index (χ1n) is 7.46. The maximum absolute atomic E-state index is 12.0. The zero-order chi connectivity index (χ0) is 15.4. The lowest BCUT2D eigenvalue weighted by molar-refractivity contribution is 0.0901. The van der Waals surface area contributed by atoms with E-state index in [1.54, 1.807) is 18.7 Å². The van der Waals surface area contributed by atoms with E-state index in [4.69, 9.17) is 9.15 Å². The molecule has 1 fully saturated rings. The summed E-state index contributed by atoms with van der Waals surface area (Å²) in [4.78, 5) is 16.4. The van der Waals surface area contributed by atoms with Crippen molar-refractivity contribution >= 4 is 6.03 Å². The van der Waals surface area contributed by atoms with E-state index in [9.17, 15) is 4.79 Å². The van der Waals surface area contributed by atoms with Crippen molar-refractivity contribution in [1.29, 1.82) is 0 Å². The van der Waals surface area contributed by atoms with Gasteiger partial charge in [0.15, 0.2) is 0 Å². The highest BCUT2D eigenvalue weighted by atomic mass is 16.5. The van der Waals surface area contributed by atoms with Gasteiger partial charge in [0.05, 0.1) is 18.6 Å². The van der Waals surface area contributed by atoms with E-state index in [0.717, 1.165) is 24.4 Å². The standard InChI is InChI=1S/C15H20N4O3/c1-2-19-6-5-16-14(19)13-12(4-8-22-13)18-15(20)17-9-11-3-7-21-10-11/h3,5-7,10,12-13H,2,4,8-9H2,1H3,(H2,17,18,20)/t12-,13-/m0/s1. The van der Waals surface area contributed by atoms with Crippen LogP contribution in [-0.2, 0) is 17.8 Å². The zero-order valence-corrected chi connectivity index (χ0v) is 12.5. The Kier molecular flexibility index (Phi) is 4.43. The van der Waals surface area contributed by atoms with E-state index in [-0.39, 0.29) is 18.2 Å². The number of nitrogens with zero attached hydrogens (tertiary/aromatic N) is 2. The van der Waals surface area contributed by atoms with Gasteiger partial charge >= 0.3 is 6.03 Å². The highest BCUT2D eigenvalue weighted by molar-refractivity contribution is 5.74. The fourth-order valence-corrected chi connectivity index (χ4v) is 2.63. The largest absolute Gasteiger partial charge is 0.472 e. The summed E-state index contributed by atoms with van der Waals surface area (Å²) in [6.07, 6.45) is 7.46. The van der Waals surface area contributed by atoms with Crippen molar-refractivity contribution in [3.05, 3.63) is 42.4 Å². The number of nitrogens with one attached hydrogen (secondary N) is 2. The van der Waals surface area contributed by atoms with Crippen LogP contribution >= 0.6 is 0 Å². The van der Waals surface area contributed by atoms with Crippen LogP contribution in [0.2, 0.25) is 0 Å². The molecule has 7 nitrogen and oxygen atoms in total. The first-order valence-corrected chi connectivity index (χ1v) is 7.46. The Morgan fingerprint density at radius 2 is 2.45 bits per heavy atom. The van der Waals surface area contributed by atoms with Gasteiger partial charge in [0, 0.05) is 37.7 Å². The Hall–Kier alpha value is -2.28. The van der Waals surface area contributed by atoms with E-state index in [1.807, 2.05) is 16.8 Å². The first kappa shape index (κ1) is 14.6. The Balaban J connectivity index is 1.58. The summed E-state index contributed by atoms with van der Waals surface area (Å²) >= 11 is 0. The number of urea groups is 1. The number of hydrogen-bond acceptors (Lipinski definition) is 4. The number of imidazole rings is 1. The van der Waals surface area contributed by atoms with Crippen molar-refractivity contribution in [2.75, 3.05) is 6.61 Å². The van der Waals surface area contributed by atoms with E-state index in [0.29, 0.717) is 13.2 Å². The van der Waals surface area contributed by atoms with Gasteiger partial charge in [0.1, 0.15) is 11.9 Å². The summed E-state index contributed by atoms with van der Waals surface area (Å²) in [7, 11) is 0. The second-order valence-electron chi connectivity index (χ2n) is 5.22. The number of carbonyl (C=O) groups excluding carboxylic acids is 1. The average molecular weight is 304 g/mol. The number of aryl methyl sites for hydroxylation is 1. The van der Waals surface area contributed by atoms with Gasteiger partial charge in [0.25, 0.3) is 0 Å². The van der Waals surface area contributed by atoms with Gasteiger partial charge < -0.3 is 24.4 Å². The van der Waals surface area contributed by atoms with E-state index >= 15 is 0 Å². The summed E-state index contributed by atoms with van der Waals surface area (Å²) in [5.41, 5.74) is 0.927. The molecule has 0 bridgehead atoms. The number of furan rings is 1. The molecule has 2 N–H and O–H groups in total. The van der Waals surface area contributed by atoms with Crippen LogP contribution in [0, 0.1) is 0 Å². The average Bonchev–Trinajstić information content (AvgIpc) is 3.25. The molecular weight excluding hydrogens is 284 g/mol. The molecule has 22 heavy (non-hydrogen) atoms. The Labute approximate surface area is 128 Å². The van der Waals surface area contributed by atoms with Gasteiger partial charge in [-0.25, -0.2) is 9.78 Å². The monoisotopic (exact) mass is 304 g/mol. The molecule has 118 valence electrons. The summed E-state index contributed by atoms with van der Waals surface area (Å²) in [6, 6.07) is 1.54. The minimum atomic E-state index is -0.212. The molecule has 0 aromatic carbocycles. The SMILES string of the molecule is CCn1ccnc1[C@H]1OCC[C@@H]1NC(=O)NCc1ccoc1. The van der Waals surface area contributed by atoms with Gasteiger partial charge in [-0.2, -0.15) is 0 Å².